The molecule has 0 aliphatic carbocycles. The van der Waals surface area contributed by atoms with Gasteiger partial charge in [0.05, 0.1) is 17.7 Å². The lowest BCUT2D eigenvalue weighted by atomic mass is 9.97. The molecule has 0 heterocycles. The SMILES string of the molecule is CC(C)(CO)NC(=O)c1cccc2cccc(C(=O)O)c12. The van der Waals surface area contributed by atoms with E-state index in [1.54, 1.807) is 44.2 Å². The van der Waals surface area contributed by atoms with Crippen LogP contribution in [0.2, 0.25) is 0 Å². The first-order chi connectivity index (χ1) is 9.85. The van der Waals surface area contributed by atoms with Gasteiger partial charge in [0.2, 0.25) is 0 Å². The smallest absolute Gasteiger partial charge is 0.336 e. The summed E-state index contributed by atoms with van der Waals surface area (Å²) in [4.78, 5) is 23.8. The first kappa shape index (κ1) is 15.0. The van der Waals surface area contributed by atoms with Gasteiger partial charge in [0.15, 0.2) is 0 Å². The zero-order valence-electron chi connectivity index (χ0n) is 11.9. The number of aliphatic hydroxyl groups is 1. The predicted molar refractivity (Wildman–Crippen MR) is 79.5 cm³/mol. The number of hydrogen-bond acceptors (Lipinski definition) is 3. The Morgan fingerprint density at radius 2 is 1.67 bits per heavy atom. The molecule has 2 aromatic carbocycles. The van der Waals surface area contributed by atoms with Crippen molar-refractivity contribution in [2.75, 3.05) is 6.61 Å². The maximum absolute atomic E-state index is 12.4. The van der Waals surface area contributed by atoms with Crippen LogP contribution in [0.1, 0.15) is 34.6 Å². The number of aliphatic hydroxyl groups excluding tert-OH is 1. The number of aromatic carboxylic acids is 1. The molecule has 2 aromatic rings. The second-order valence-corrected chi connectivity index (χ2v) is 5.51. The minimum absolute atomic E-state index is 0.0834. The van der Waals surface area contributed by atoms with Gasteiger partial charge >= 0.3 is 5.97 Å². The van der Waals surface area contributed by atoms with E-state index >= 15 is 0 Å². The fourth-order valence-corrected chi connectivity index (χ4v) is 2.12. The predicted octanol–water partition coefficient (Wildman–Crippen LogP) is 2.04. The van der Waals surface area contributed by atoms with Crippen molar-refractivity contribution in [2.24, 2.45) is 0 Å². The molecule has 1 amide bonds. The highest BCUT2D eigenvalue weighted by atomic mass is 16.4. The van der Waals surface area contributed by atoms with E-state index in [0.29, 0.717) is 10.8 Å². The Morgan fingerprint density at radius 3 is 2.19 bits per heavy atom. The molecule has 3 N–H and O–H groups in total. The van der Waals surface area contributed by atoms with Crippen molar-refractivity contribution in [2.45, 2.75) is 19.4 Å². The molecule has 0 atom stereocenters. The lowest BCUT2D eigenvalue weighted by Crippen LogP contribution is -2.46. The van der Waals surface area contributed by atoms with Crippen LogP contribution in [0, 0.1) is 0 Å². The summed E-state index contributed by atoms with van der Waals surface area (Å²) in [5.74, 6) is -1.49. The standard InChI is InChI=1S/C16H17NO4/c1-16(2,9-18)17-14(19)11-7-3-5-10-6-4-8-12(13(10)11)15(20)21/h3-8,18H,9H2,1-2H3,(H,17,19)(H,20,21). The van der Waals surface area contributed by atoms with Crippen LogP contribution in [-0.2, 0) is 0 Å². The lowest BCUT2D eigenvalue weighted by molar-refractivity contribution is 0.0699. The summed E-state index contributed by atoms with van der Waals surface area (Å²) in [6.07, 6.45) is 0. The van der Waals surface area contributed by atoms with Crippen LogP contribution < -0.4 is 5.32 Å². The summed E-state index contributed by atoms with van der Waals surface area (Å²) in [7, 11) is 0. The van der Waals surface area contributed by atoms with Crippen molar-refractivity contribution in [3.63, 3.8) is 0 Å². The summed E-state index contributed by atoms with van der Waals surface area (Å²) >= 11 is 0. The summed E-state index contributed by atoms with van der Waals surface area (Å²) in [5.41, 5.74) is -0.413. The van der Waals surface area contributed by atoms with Gasteiger partial charge in [-0.1, -0.05) is 24.3 Å². The Bertz CT molecular complexity index is 701. The zero-order chi connectivity index (χ0) is 15.6. The van der Waals surface area contributed by atoms with Crippen molar-refractivity contribution in [1.82, 2.24) is 5.32 Å². The molecule has 0 aliphatic rings. The van der Waals surface area contributed by atoms with E-state index in [1.807, 2.05) is 0 Å². The fourth-order valence-electron chi connectivity index (χ4n) is 2.12. The molecule has 0 saturated carbocycles. The van der Waals surface area contributed by atoms with Gasteiger partial charge in [0, 0.05) is 10.9 Å². The van der Waals surface area contributed by atoms with Crippen molar-refractivity contribution in [3.8, 4) is 0 Å². The van der Waals surface area contributed by atoms with Crippen molar-refractivity contribution < 1.29 is 19.8 Å². The average molecular weight is 287 g/mol. The molecule has 0 bridgehead atoms. The molecule has 0 unspecified atom stereocenters. The van der Waals surface area contributed by atoms with Crippen LogP contribution in [0.15, 0.2) is 36.4 Å². The third kappa shape index (κ3) is 3.03. The van der Waals surface area contributed by atoms with Gasteiger partial charge in [-0.25, -0.2) is 4.79 Å². The lowest BCUT2D eigenvalue weighted by Gasteiger charge is -2.24. The molecular formula is C16H17NO4. The molecule has 0 fully saturated rings. The monoisotopic (exact) mass is 287 g/mol. The molecular weight excluding hydrogens is 270 g/mol. The highest BCUT2D eigenvalue weighted by molar-refractivity contribution is 6.14. The van der Waals surface area contributed by atoms with E-state index in [1.165, 1.54) is 6.07 Å². The Labute approximate surface area is 122 Å². The maximum Gasteiger partial charge on any atom is 0.336 e. The first-order valence-corrected chi connectivity index (χ1v) is 6.54. The molecule has 0 aromatic heterocycles. The Morgan fingerprint density at radius 1 is 1.10 bits per heavy atom. The number of carboxylic acid groups (broad SMARTS) is 1. The zero-order valence-corrected chi connectivity index (χ0v) is 11.9. The molecule has 5 nitrogen and oxygen atoms in total. The quantitative estimate of drug-likeness (QED) is 0.803. The van der Waals surface area contributed by atoms with E-state index < -0.39 is 17.4 Å². The van der Waals surface area contributed by atoms with E-state index in [9.17, 15) is 19.8 Å². The third-order valence-electron chi connectivity index (χ3n) is 3.23. The van der Waals surface area contributed by atoms with Crippen LogP contribution in [0.3, 0.4) is 0 Å². The number of carboxylic acids is 1. The number of amides is 1. The minimum Gasteiger partial charge on any atom is -0.478 e. The topological polar surface area (TPSA) is 86.6 Å². The van der Waals surface area contributed by atoms with E-state index in [0.717, 1.165) is 0 Å². The molecule has 2 rings (SSSR count). The number of carbonyl (C=O) groups is 2. The van der Waals surface area contributed by atoms with Gasteiger partial charge in [-0.05, 0) is 31.4 Å². The highest BCUT2D eigenvalue weighted by Crippen LogP contribution is 2.23. The molecule has 110 valence electrons. The number of benzene rings is 2. The van der Waals surface area contributed by atoms with Gasteiger partial charge in [0.25, 0.3) is 5.91 Å². The van der Waals surface area contributed by atoms with Crippen LogP contribution in [0.5, 0.6) is 0 Å². The first-order valence-electron chi connectivity index (χ1n) is 6.54. The summed E-state index contributed by atoms with van der Waals surface area (Å²) < 4.78 is 0. The second kappa shape index (κ2) is 5.54. The van der Waals surface area contributed by atoms with Crippen molar-refractivity contribution in [3.05, 3.63) is 47.5 Å². The summed E-state index contributed by atoms with van der Waals surface area (Å²) in [5, 5.41) is 22.3. The van der Waals surface area contributed by atoms with E-state index in [4.69, 9.17) is 0 Å². The van der Waals surface area contributed by atoms with Crippen LogP contribution in [0.25, 0.3) is 10.8 Å². The van der Waals surface area contributed by atoms with Gasteiger partial charge < -0.3 is 15.5 Å². The number of fused-ring (bicyclic) bond motifs is 1. The van der Waals surface area contributed by atoms with Gasteiger partial charge in [-0.3, -0.25) is 4.79 Å². The molecule has 0 radical (unpaired) electrons. The summed E-state index contributed by atoms with van der Waals surface area (Å²) in [6, 6.07) is 9.92. The van der Waals surface area contributed by atoms with Crippen molar-refractivity contribution >= 4 is 22.6 Å². The van der Waals surface area contributed by atoms with Gasteiger partial charge in [-0.2, -0.15) is 0 Å². The van der Waals surface area contributed by atoms with E-state index in [-0.39, 0.29) is 17.7 Å². The number of rotatable bonds is 4. The third-order valence-corrected chi connectivity index (χ3v) is 3.23. The molecule has 0 aliphatic heterocycles. The molecule has 0 saturated heterocycles. The fraction of sp³-hybridized carbons (Fsp3) is 0.250. The normalized spacial score (nSPS) is 11.4. The Hall–Kier alpha value is -2.40. The Kier molecular flexibility index (Phi) is 3.95. The number of carbonyl (C=O) groups excluding carboxylic acids is 1. The highest BCUT2D eigenvalue weighted by Gasteiger charge is 2.22. The average Bonchev–Trinajstić information content (AvgIpc) is 2.45. The van der Waals surface area contributed by atoms with E-state index in [2.05, 4.69) is 5.32 Å². The number of hydrogen-bond donors (Lipinski definition) is 3. The molecule has 21 heavy (non-hydrogen) atoms. The van der Waals surface area contributed by atoms with Crippen molar-refractivity contribution in [1.29, 1.82) is 0 Å². The van der Waals surface area contributed by atoms with Gasteiger partial charge in [-0.15, -0.1) is 0 Å². The van der Waals surface area contributed by atoms with Crippen LogP contribution in [0.4, 0.5) is 0 Å². The van der Waals surface area contributed by atoms with Crippen LogP contribution >= 0.6 is 0 Å². The largest absolute Gasteiger partial charge is 0.478 e. The molecule has 0 spiro atoms. The van der Waals surface area contributed by atoms with Crippen LogP contribution in [-0.4, -0.2) is 34.2 Å². The minimum atomic E-state index is -1.08. The molecule has 5 heteroatoms. The van der Waals surface area contributed by atoms with Gasteiger partial charge in [0.1, 0.15) is 0 Å². The summed E-state index contributed by atoms with van der Waals surface area (Å²) in [6.45, 7) is 3.16. The number of nitrogens with one attached hydrogen (secondary N) is 1. The Balaban J connectivity index is 2.59. The maximum atomic E-state index is 12.4. The second-order valence-electron chi connectivity index (χ2n) is 5.51.